The number of rotatable bonds is 7. The Balaban J connectivity index is 0.00000392. The van der Waals surface area contributed by atoms with E-state index in [9.17, 15) is 4.79 Å². The van der Waals surface area contributed by atoms with Crippen LogP contribution in [0.25, 0.3) is 0 Å². The van der Waals surface area contributed by atoms with Crippen molar-refractivity contribution in [2.75, 3.05) is 13.1 Å². The smallest absolute Gasteiger partial charge is 0.251 e. The third-order valence-electron chi connectivity index (χ3n) is 4.23. The van der Waals surface area contributed by atoms with Crippen LogP contribution in [-0.4, -0.2) is 25.0 Å². The van der Waals surface area contributed by atoms with Crippen LogP contribution >= 0.6 is 24.0 Å². The number of hydrogen-bond acceptors (Lipinski definition) is 2. The van der Waals surface area contributed by atoms with Gasteiger partial charge in [-0.1, -0.05) is 35.9 Å². The largest absolute Gasteiger partial charge is 0.357 e. The maximum atomic E-state index is 12.0. The summed E-state index contributed by atoms with van der Waals surface area (Å²) in [6.07, 6.45) is 0. The Morgan fingerprint density at radius 2 is 1.71 bits per heavy atom. The van der Waals surface area contributed by atoms with Gasteiger partial charge in [-0.05, 0) is 56.5 Å². The van der Waals surface area contributed by atoms with E-state index in [-0.39, 0.29) is 29.9 Å². The highest BCUT2D eigenvalue weighted by Gasteiger charge is 2.05. The van der Waals surface area contributed by atoms with Crippen molar-refractivity contribution < 1.29 is 4.79 Å². The van der Waals surface area contributed by atoms with Crippen LogP contribution in [0.2, 0.25) is 0 Å². The summed E-state index contributed by atoms with van der Waals surface area (Å²) in [6.45, 7) is 10.8. The molecule has 0 atom stereocenters. The van der Waals surface area contributed by atoms with Gasteiger partial charge >= 0.3 is 0 Å². The molecule has 0 aliphatic heterocycles. The zero-order valence-electron chi connectivity index (χ0n) is 17.1. The molecule has 0 saturated carbocycles. The summed E-state index contributed by atoms with van der Waals surface area (Å²) < 4.78 is 0. The van der Waals surface area contributed by atoms with Crippen LogP contribution in [0.1, 0.15) is 46.5 Å². The minimum Gasteiger partial charge on any atom is -0.357 e. The summed E-state index contributed by atoms with van der Waals surface area (Å²) in [5, 5.41) is 9.48. The van der Waals surface area contributed by atoms with Gasteiger partial charge in [0.2, 0.25) is 0 Å². The number of amides is 1. The molecule has 0 unspecified atom stereocenters. The minimum absolute atomic E-state index is 0. The molecule has 2 aromatic rings. The van der Waals surface area contributed by atoms with E-state index in [2.05, 4.69) is 53.0 Å². The molecular weight excluding hydrogens is 463 g/mol. The Labute approximate surface area is 185 Å². The van der Waals surface area contributed by atoms with E-state index in [0.717, 1.165) is 24.6 Å². The van der Waals surface area contributed by atoms with E-state index in [1.54, 1.807) is 0 Å². The topological polar surface area (TPSA) is 65.5 Å². The number of hydrogen-bond donors (Lipinski definition) is 3. The second-order valence-corrected chi connectivity index (χ2v) is 6.54. The van der Waals surface area contributed by atoms with E-state index >= 15 is 0 Å². The van der Waals surface area contributed by atoms with Crippen LogP contribution in [-0.2, 0) is 13.1 Å². The molecule has 0 bridgehead atoms. The Morgan fingerprint density at radius 3 is 2.39 bits per heavy atom. The first-order valence-electron chi connectivity index (χ1n) is 9.49. The summed E-state index contributed by atoms with van der Waals surface area (Å²) in [7, 11) is 0. The summed E-state index contributed by atoms with van der Waals surface area (Å²) in [4.78, 5) is 16.6. The third-order valence-corrected chi connectivity index (χ3v) is 4.23. The van der Waals surface area contributed by atoms with Crippen molar-refractivity contribution in [2.45, 2.75) is 40.8 Å². The van der Waals surface area contributed by atoms with Crippen LogP contribution in [0, 0.1) is 13.8 Å². The van der Waals surface area contributed by atoms with E-state index < -0.39 is 0 Å². The minimum atomic E-state index is -0.0526. The van der Waals surface area contributed by atoms with Gasteiger partial charge in [-0.25, -0.2) is 4.99 Å². The number of halogens is 1. The summed E-state index contributed by atoms with van der Waals surface area (Å²) >= 11 is 0. The van der Waals surface area contributed by atoms with Gasteiger partial charge in [0, 0.05) is 25.2 Å². The first-order valence-corrected chi connectivity index (χ1v) is 9.49. The van der Waals surface area contributed by atoms with E-state index in [1.165, 1.54) is 16.7 Å². The van der Waals surface area contributed by atoms with Gasteiger partial charge in [0.25, 0.3) is 5.91 Å². The number of carbonyl (C=O) groups excluding carboxylic acids is 1. The van der Waals surface area contributed by atoms with Crippen molar-refractivity contribution >= 4 is 35.8 Å². The second kappa shape index (κ2) is 12.4. The lowest BCUT2D eigenvalue weighted by Crippen LogP contribution is -2.37. The molecule has 0 radical (unpaired) electrons. The van der Waals surface area contributed by atoms with Crippen molar-refractivity contribution in [2.24, 2.45) is 4.99 Å². The van der Waals surface area contributed by atoms with Crippen molar-refractivity contribution in [1.29, 1.82) is 0 Å². The summed E-state index contributed by atoms with van der Waals surface area (Å²) in [6, 6.07) is 14.1. The van der Waals surface area contributed by atoms with Crippen molar-refractivity contribution in [3.63, 3.8) is 0 Å². The van der Waals surface area contributed by atoms with Crippen molar-refractivity contribution in [1.82, 2.24) is 16.0 Å². The molecule has 0 aromatic heterocycles. The molecule has 28 heavy (non-hydrogen) atoms. The van der Waals surface area contributed by atoms with Crippen molar-refractivity contribution in [3.05, 3.63) is 70.3 Å². The molecule has 0 aliphatic rings. The van der Waals surface area contributed by atoms with Gasteiger partial charge in [-0.3, -0.25) is 4.79 Å². The Kier molecular flexibility index (Phi) is 10.6. The van der Waals surface area contributed by atoms with Gasteiger partial charge in [0.05, 0.1) is 6.54 Å². The molecule has 2 rings (SSSR count). The second-order valence-electron chi connectivity index (χ2n) is 6.54. The molecular formula is C22H31IN4O. The number of nitrogens with one attached hydrogen (secondary N) is 3. The predicted molar refractivity (Wildman–Crippen MR) is 127 cm³/mol. The van der Waals surface area contributed by atoms with Gasteiger partial charge in [0.15, 0.2) is 5.96 Å². The fraction of sp³-hybridized carbons (Fsp3) is 0.364. The Morgan fingerprint density at radius 1 is 0.964 bits per heavy atom. The molecule has 0 heterocycles. The summed E-state index contributed by atoms with van der Waals surface area (Å²) in [5.41, 5.74) is 5.46. The zero-order chi connectivity index (χ0) is 19.6. The average molecular weight is 494 g/mol. The van der Waals surface area contributed by atoms with Crippen LogP contribution < -0.4 is 16.0 Å². The zero-order valence-corrected chi connectivity index (χ0v) is 19.5. The highest BCUT2D eigenvalue weighted by molar-refractivity contribution is 14.0. The van der Waals surface area contributed by atoms with Gasteiger partial charge in [0.1, 0.15) is 0 Å². The quantitative estimate of drug-likeness (QED) is 0.311. The lowest BCUT2D eigenvalue weighted by atomic mass is 10.1. The van der Waals surface area contributed by atoms with Crippen LogP contribution in [0.4, 0.5) is 0 Å². The van der Waals surface area contributed by atoms with Crippen LogP contribution in [0.15, 0.2) is 47.5 Å². The molecule has 152 valence electrons. The SMILES string of the molecule is CCNC(=O)c1cccc(CN=C(NCC)NCc2ccc(C)cc2C)c1.I. The van der Waals surface area contributed by atoms with Crippen LogP contribution in [0.3, 0.4) is 0 Å². The highest BCUT2D eigenvalue weighted by atomic mass is 127. The Hall–Kier alpha value is -2.09. The fourth-order valence-electron chi connectivity index (χ4n) is 2.81. The normalized spacial score (nSPS) is 10.8. The lowest BCUT2D eigenvalue weighted by molar-refractivity contribution is 0.0955. The van der Waals surface area contributed by atoms with E-state index in [4.69, 9.17) is 0 Å². The molecule has 0 fully saturated rings. The molecule has 0 aliphatic carbocycles. The number of nitrogens with zero attached hydrogens (tertiary/aromatic N) is 1. The van der Waals surface area contributed by atoms with E-state index in [1.807, 2.05) is 38.1 Å². The molecule has 5 nitrogen and oxygen atoms in total. The number of benzene rings is 2. The first kappa shape index (κ1) is 23.9. The molecule has 2 aromatic carbocycles. The maximum Gasteiger partial charge on any atom is 0.251 e. The van der Waals surface area contributed by atoms with Gasteiger partial charge in [-0.2, -0.15) is 0 Å². The highest BCUT2D eigenvalue weighted by Crippen LogP contribution is 2.10. The third kappa shape index (κ3) is 7.50. The number of aliphatic imine (C=N–C) groups is 1. The maximum absolute atomic E-state index is 12.0. The number of guanidine groups is 1. The molecule has 3 N–H and O–H groups in total. The Bertz CT molecular complexity index is 805. The molecule has 0 spiro atoms. The average Bonchev–Trinajstić information content (AvgIpc) is 2.65. The van der Waals surface area contributed by atoms with Crippen molar-refractivity contribution in [3.8, 4) is 0 Å². The van der Waals surface area contributed by atoms with E-state index in [0.29, 0.717) is 18.7 Å². The molecule has 1 amide bonds. The first-order chi connectivity index (χ1) is 13.0. The predicted octanol–water partition coefficient (Wildman–Crippen LogP) is 3.93. The molecule has 0 saturated heterocycles. The standard InChI is InChI=1S/C22H30N4O.HI/c1-5-23-21(27)19-9-7-8-18(13-19)14-25-22(24-6-2)26-15-20-11-10-16(3)12-17(20)4;/h7-13H,5-6,14-15H2,1-4H3,(H,23,27)(H2,24,25,26);1H. The fourth-order valence-corrected chi connectivity index (χ4v) is 2.81. The lowest BCUT2D eigenvalue weighted by Gasteiger charge is -2.13. The number of aryl methyl sites for hydroxylation is 2. The monoisotopic (exact) mass is 494 g/mol. The number of carbonyl (C=O) groups is 1. The molecule has 6 heteroatoms. The summed E-state index contributed by atoms with van der Waals surface area (Å²) in [5.74, 6) is 0.712. The van der Waals surface area contributed by atoms with Gasteiger partial charge < -0.3 is 16.0 Å². The van der Waals surface area contributed by atoms with Gasteiger partial charge in [-0.15, -0.1) is 24.0 Å². The van der Waals surface area contributed by atoms with Crippen LogP contribution in [0.5, 0.6) is 0 Å².